The molecule has 0 spiro atoms. The fourth-order valence-corrected chi connectivity index (χ4v) is 2.46. The van der Waals surface area contributed by atoms with Crippen molar-refractivity contribution in [3.05, 3.63) is 52.0 Å². The monoisotopic (exact) mass is 311 g/mol. The number of ether oxygens (including phenoxy) is 1. The number of phenols is 1. The van der Waals surface area contributed by atoms with E-state index < -0.39 is 0 Å². The van der Waals surface area contributed by atoms with Gasteiger partial charge in [0.15, 0.2) is 0 Å². The zero-order valence-corrected chi connectivity index (χ0v) is 12.7. The summed E-state index contributed by atoms with van der Waals surface area (Å²) in [5.41, 5.74) is 1.68. The van der Waals surface area contributed by atoms with Crippen LogP contribution in [0.2, 0.25) is 10.0 Å². The molecule has 20 heavy (non-hydrogen) atoms. The Morgan fingerprint density at radius 3 is 2.40 bits per heavy atom. The number of phenolic OH excluding ortho intramolecular Hbond substituents is 1. The minimum absolute atomic E-state index is 0.0661. The number of hydrogen-bond acceptors (Lipinski definition) is 3. The Bertz CT molecular complexity index is 600. The molecule has 106 valence electrons. The van der Waals surface area contributed by atoms with Crippen molar-refractivity contribution in [2.75, 3.05) is 19.1 Å². The van der Waals surface area contributed by atoms with Crippen LogP contribution in [-0.4, -0.2) is 19.3 Å². The predicted molar refractivity (Wildman–Crippen MR) is 83.2 cm³/mol. The third-order valence-electron chi connectivity index (χ3n) is 3.03. The molecule has 3 nitrogen and oxygen atoms in total. The highest BCUT2D eigenvalue weighted by Gasteiger charge is 2.11. The van der Waals surface area contributed by atoms with Gasteiger partial charge in [-0.1, -0.05) is 23.2 Å². The summed E-state index contributed by atoms with van der Waals surface area (Å²) in [6, 6.07) is 10.9. The minimum Gasteiger partial charge on any atom is -0.506 e. The summed E-state index contributed by atoms with van der Waals surface area (Å²) in [4.78, 5) is 1.99. The topological polar surface area (TPSA) is 32.7 Å². The molecule has 0 aliphatic heterocycles. The molecule has 0 fully saturated rings. The Labute approximate surface area is 128 Å². The zero-order chi connectivity index (χ0) is 14.7. The van der Waals surface area contributed by atoms with Gasteiger partial charge in [-0.05, 0) is 36.4 Å². The number of methoxy groups -OCH3 is 1. The molecule has 2 rings (SSSR count). The summed E-state index contributed by atoms with van der Waals surface area (Å²) < 4.78 is 5.12. The van der Waals surface area contributed by atoms with Crippen molar-refractivity contribution in [1.29, 1.82) is 0 Å². The molecular weight excluding hydrogens is 297 g/mol. The van der Waals surface area contributed by atoms with Crippen molar-refractivity contribution >= 4 is 28.9 Å². The Morgan fingerprint density at radius 1 is 1.15 bits per heavy atom. The molecule has 0 aliphatic carbocycles. The first-order valence-electron chi connectivity index (χ1n) is 6.03. The lowest BCUT2D eigenvalue weighted by Crippen LogP contribution is -2.16. The van der Waals surface area contributed by atoms with Crippen LogP contribution in [0, 0.1) is 0 Å². The number of hydrogen-bond donors (Lipinski definition) is 1. The van der Waals surface area contributed by atoms with Crippen LogP contribution in [0.15, 0.2) is 36.4 Å². The molecule has 2 aromatic rings. The van der Waals surface area contributed by atoms with E-state index in [0.717, 1.165) is 11.4 Å². The van der Waals surface area contributed by atoms with Gasteiger partial charge in [0.1, 0.15) is 11.5 Å². The van der Waals surface area contributed by atoms with Crippen LogP contribution in [0.25, 0.3) is 0 Å². The molecular formula is C15H15Cl2NO2. The maximum atomic E-state index is 9.96. The fraction of sp³-hybridized carbons (Fsp3) is 0.200. The minimum atomic E-state index is 0.0661. The van der Waals surface area contributed by atoms with Crippen molar-refractivity contribution in [3.8, 4) is 11.5 Å². The molecule has 0 unspecified atom stereocenters. The van der Waals surface area contributed by atoms with Gasteiger partial charge in [0.25, 0.3) is 0 Å². The van der Waals surface area contributed by atoms with Crippen molar-refractivity contribution in [3.63, 3.8) is 0 Å². The lowest BCUT2D eigenvalue weighted by atomic mass is 10.1. The summed E-state index contributed by atoms with van der Waals surface area (Å²) in [6.45, 7) is 0.498. The van der Waals surface area contributed by atoms with Gasteiger partial charge in [0.2, 0.25) is 0 Å². The molecule has 0 amide bonds. The van der Waals surface area contributed by atoms with Crippen molar-refractivity contribution in [2.24, 2.45) is 0 Å². The zero-order valence-electron chi connectivity index (χ0n) is 11.2. The molecule has 0 aromatic heterocycles. The number of nitrogens with zero attached hydrogens (tertiary/aromatic N) is 1. The maximum Gasteiger partial charge on any atom is 0.139 e. The van der Waals surface area contributed by atoms with Crippen molar-refractivity contribution in [2.45, 2.75) is 6.54 Å². The number of benzene rings is 2. The predicted octanol–water partition coefficient (Wildman–Crippen LogP) is 4.34. The van der Waals surface area contributed by atoms with Crippen LogP contribution in [0.1, 0.15) is 5.56 Å². The molecule has 0 bridgehead atoms. The third kappa shape index (κ3) is 3.30. The smallest absolute Gasteiger partial charge is 0.139 e. The molecule has 1 N–H and O–H groups in total. The Kier molecular flexibility index (Phi) is 4.63. The van der Waals surface area contributed by atoms with Crippen LogP contribution >= 0.6 is 23.2 Å². The summed E-state index contributed by atoms with van der Waals surface area (Å²) in [6.07, 6.45) is 0. The molecule has 0 radical (unpaired) electrons. The van der Waals surface area contributed by atoms with Gasteiger partial charge in [-0.15, -0.1) is 0 Å². The largest absolute Gasteiger partial charge is 0.506 e. The summed E-state index contributed by atoms with van der Waals surface area (Å²) in [5.74, 6) is 0.868. The second-order valence-corrected chi connectivity index (χ2v) is 5.29. The average Bonchev–Trinajstić information content (AvgIpc) is 2.44. The summed E-state index contributed by atoms with van der Waals surface area (Å²) >= 11 is 11.9. The van der Waals surface area contributed by atoms with Gasteiger partial charge in [-0.25, -0.2) is 0 Å². The second-order valence-electron chi connectivity index (χ2n) is 4.45. The number of aromatic hydroxyl groups is 1. The van der Waals surface area contributed by atoms with Gasteiger partial charge in [0, 0.05) is 29.9 Å². The molecule has 0 heterocycles. The SMILES string of the molecule is COc1ccc(N(C)Cc2cc(Cl)cc(Cl)c2O)cc1. The lowest BCUT2D eigenvalue weighted by molar-refractivity contribution is 0.415. The van der Waals surface area contributed by atoms with Gasteiger partial charge < -0.3 is 14.7 Å². The van der Waals surface area contributed by atoms with E-state index in [2.05, 4.69) is 0 Å². The van der Waals surface area contributed by atoms with E-state index in [1.165, 1.54) is 6.07 Å². The van der Waals surface area contributed by atoms with Crippen molar-refractivity contribution in [1.82, 2.24) is 0 Å². The first-order chi connectivity index (χ1) is 9.51. The van der Waals surface area contributed by atoms with E-state index in [1.807, 2.05) is 36.2 Å². The Morgan fingerprint density at radius 2 is 1.80 bits per heavy atom. The Hall–Kier alpha value is -1.58. The molecule has 2 aromatic carbocycles. The van der Waals surface area contributed by atoms with Gasteiger partial charge in [-0.2, -0.15) is 0 Å². The van der Waals surface area contributed by atoms with Gasteiger partial charge in [0.05, 0.1) is 12.1 Å². The van der Waals surface area contributed by atoms with Crippen LogP contribution in [0.3, 0.4) is 0 Å². The highest BCUT2D eigenvalue weighted by Crippen LogP contribution is 2.32. The number of anilines is 1. The van der Waals surface area contributed by atoms with E-state index in [0.29, 0.717) is 17.1 Å². The molecule has 0 aliphatic rings. The van der Waals surface area contributed by atoms with E-state index in [1.54, 1.807) is 13.2 Å². The highest BCUT2D eigenvalue weighted by atomic mass is 35.5. The number of halogens is 2. The fourth-order valence-electron chi connectivity index (χ4n) is 1.92. The van der Waals surface area contributed by atoms with Crippen molar-refractivity contribution < 1.29 is 9.84 Å². The van der Waals surface area contributed by atoms with E-state index >= 15 is 0 Å². The van der Waals surface area contributed by atoms with Crippen LogP contribution < -0.4 is 9.64 Å². The normalized spacial score (nSPS) is 10.4. The first kappa shape index (κ1) is 14.8. The van der Waals surface area contributed by atoms with Crippen LogP contribution in [0.5, 0.6) is 11.5 Å². The van der Waals surface area contributed by atoms with Crippen LogP contribution in [-0.2, 0) is 6.54 Å². The van der Waals surface area contributed by atoms with Gasteiger partial charge >= 0.3 is 0 Å². The van der Waals surface area contributed by atoms with E-state index in [-0.39, 0.29) is 10.8 Å². The van der Waals surface area contributed by atoms with E-state index in [4.69, 9.17) is 27.9 Å². The highest BCUT2D eigenvalue weighted by molar-refractivity contribution is 6.35. The molecule has 0 saturated heterocycles. The van der Waals surface area contributed by atoms with E-state index in [9.17, 15) is 5.11 Å². The Balaban J connectivity index is 2.20. The first-order valence-corrected chi connectivity index (χ1v) is 6.79. The summed E-state index contributed by atoms with van der Waals surface area (Å²) in [5, 5.41) is 10.7. The lowest BCUT2D eigenvalue weighted by Gasteiger charge is -2.20. The third-order valence-corrected chi connectivity index (χ3v) is 3.53. The average molecular weight is 312 g/mol. The standard InChI is InChI=1S/C15H15Cl2NO2/c1-18(12-3-5-13(20-2)6-4-12)9-10-7-11(16)8-14(17)15(10)19/h3-8,19H,9H2,1-2H3. The molecule has 0 atom stereocenters. The van der Waals surface area contributed by atoms with Crippen LogP contribution in [0.4, 0.5) is 5.69 Å². The van der Waals surface area contributed by atoms with Gasteiger partial charge in [-0.3, -0.25) is 0 Å². The number of rotatable bonds is 4. The molecule has 5 heteroatoms. The summed E-state index contributed by atoms with van der Waals surface area (Å²) in [7, 11) is 3.56. The maximum absolute atomic E-state index is 9.96. The quantitative estimate of drug-likeness (QED) is 0.911. The molecule has 0 saturated carbocycles. The second kappa shape index (κ2) is 6.25.